The Morgan fingerprint density at radius 2 is 0.667 bits per heavy atom. The molecule has 0 radical (unpaired) electrons. The summed E-state index contributed by atoms with van der Waals surface area (Å²) < 4.78 is 0. The Hall–Kier alpha value is -7.16. The zero-order valence-corrected chi connectivity index (χ0v) is 34.4. The van der Waals surface area contributed by atoms with Gasteiger partial charge in [0.2, 0.25) is 0 Å². The second kappa shape index (κ2) is 12.7. The summed E-state index contributed by atoms with van der Waals surface area (Å²) in [7, 11) is 0. The Morgan fingerprint density at radius 3 is 1.10 bits per heavy atom. The maximum Gasteiger partial charge on any atom is 0.0540 e. The van der Waals surface area contributed by atoms with E-state index >= 15 is 0 Å². The fourth-order valence-electron chi connectivity index (χ4n) is 10.9. The molecule has 0 atom stereocenters. The molecule has 60 heavy (non-hydrogen) atoms. The van der Waals surface area contributed by atoms with Crippen LogP contribution in [0.4, 0.5) is 34.1 Å². The molecule has 0 unspecified atom stereocenters. The van der Waals surface area contributed by atoms with E-state index in [1.807, 2.05) is 0 Å². The second-order valence-corrected chi connectivity index (χ2v) is 17.7. The summed E-state index contributed by atoms with van der Waals surface area (Å²) in [4.78, 5) is 4.92. The van der Waals surface area contributed by atoms with Gasteiger partial charge < -0.3 is 9.80 Å². The number of hydrogen-bond acceptors (Lipinski definition) is 2. The van der Waals surface area contributed by atoms with Gasteiger partial charge in [-0.25, -0.2) is 0 Å². The maximum atomic E-state index is 2.46. The SMILES string of the molecule is CC1(C)c2ccccc2-c2cc(N(c3ccccc3)c3ccc4ccc5c(N(c6ccccc6)c6ccc7c(c6)-c6ccccc6C7(C)C)ccc6ccc3c4c65)ccc21. The highest BCUT2D eigenvalue weighted by Crippen LogP contribution is 2.54. The summed E-state index contributed by atoms with van der Waals surface area (Å²) in [5.74, 6) is 0. The van der Waals surface area contributed by atoms with Crippen molar-refractivity contribution in [3.8, 4) is 22.3 Å². The quantitative estimate of drug-likeness (QED) is 0.155. The first kappa shape index (κ1) is 34.8. The topological polar surface area (TPSA) is 6.48 Å². The average Bonchev–Trinajstić information content (AvgIpc) is 3.66. The van der Waals surface area contributed by atoms with Crippen LogP contribution in [0.1, 0.15) is 49.9 Å². The Kier molecular flexibility index (Phi) is 7.36. The molecule has 10 aromatic carbocycles. The van der Waals surface area contributed by atoms with Crippen molar-refractivity contribution >= 4 is 66.4 Å². The molecule has 0 saturated heterocycles. The zero-order valence-electron chi connectivity index (χ0n) is 34.4. The molecule has 12 rings (SSSR count). The Balaban J connectivity index is 1.08. The number of fused-ring (bicyclic) bond motifs is 6. The third-order valence-corrected chi connectivity index (χ3v) is 13.8. The van der Waals surface area contributed by atoms with Gasteiger partial charge in [-0.1, -0.05) is 161 Å². The highest BCUT2D eigenvalue weighted by molar-refractivity contribution is 6.28. The molecule has 2 heteroatoms. The van der Waals surface area contributed by atoms with Gasteiger partial charge >= 0.3 is 0 Å². The van der Waals surface area contributed by atoms with E-state index < -0.39 is 0 Å². The number of anilines is 6. The van der Waals surface area contributed by atoms with Crippen molar-refractivity contribution in [2.24, 2.45) is 0 Å². The molecule has 0 aromatic heterocycles. The number of rotatable bonds is 6. The van der Waals surface area contributed by atoms with E-state index in [9.17, 15) is 0 Å². The summed E-state index contributed by atoms with van der Waals surface area (Å²) in [5.41, 5.74) is 17.6. The Morgan fingerprint density at radius 1 is 0.300 bits per heavy atom. The van der Waals surface area contributed by atoms with Gasteiger partial charge in [-0.2, -0.15) is 0 Å². The maximum absolute atomic E-state index is 2.46. The van der Waals surface area contributed by atoms with E-state index in [2.05, 4.69) is 232 Å². The van der Waals surface area contributed by atoms with Crippen LogP contribution in [0.2, 0.25) is 0 Å². The first-order valence-electron chi connectivity index (χ1n) is 21.2. The molecular formula is C58H44N2. The molecule has 0 N–H and O–H groups in total. The van der Waals surface area contributed by atoms with Crippen molar-refractivity contribution in [2.45, 2.75) is 38.5 Å². The van der Waals surface area contributed by atoms with Crippen LogP contribution in [0.3, 0.4) is 0 Å². The first-order chi connectivity index (χ1) is 29.3. The normalized spacial score (nSPS) is 14.3. The third kappa shape index (κ3) is 4.88. The van der Waals surface area contributed by atoms with Crippen LogP contribution in [0.15, 0.2) is 194 Å². The van der Waals surface area contributed by atoms with Crippen LogP contribution in [-0.2, 0) is 10.8 Å². The van der Waals surface area contributed by atoms with Crippen LogP contribution >= 0.6 is 0 Å². The summed E-state index contributed by atoms with van der Waals surface area (Å²) in [5, 5.41) is 7.52. The van der Waals surface area contributed by atoms with Crippen molar-refractivity contribution in [2.75, 3.05) is 9.80 Å². The van der Waals surface area contributed by atoms with Crippen molar-refractivity contribution in [1.29, 1.82) is 0 Å². The van der Waals surface area contributed by atoms with Crippen LogP contribution < -0.4 is 9.80 Å². The predicted molar refractivity (Wildman–Crippen MR) is 255 cm³/mol. The molecule has 0 heterocycles. The lowest BCUT2D eigenvalue weighted by molar-refractivity contribution is 0.660. The lowest BCUT2D eigenvalue weighted by Gasteiger charge is -2.30. The van der Waals surface area contributed by atoms with E-state index in [1.54, 1.807) is 0 Å². The summed E-state index contributed by atoms with van der Waals surface area (Å²) in [6, 6.07) is 72.4. The van der Waals surface area contributed by atoms with Gasteiger partial charge in [-0.3, -0.25) is 0 Å². The molecule has 2 aliphatic rings. The Labute approximate surface area is 351 Å². The molecule has 0 amide bonds. The largest absolute Gasteiger partial charge is 0.310 e. The molecule has 2 nitrogen and oxygen atoms in total. The third-order valence-electron chi connectivity index (χ3n) is 13.8. The number of benzene rings is 10. The first-order valence-corrected chi connectivity index (χ1v) is 21.2. The minimum absolute atomic E-state index is 0.0543. The van der Waals surface area contributed by atoms with Gasteiger partial charge in [0.1, 0.15) is 0 Å². The van der Waals surface area contributed by atoms with Crippen LogP contribution in [-0.4, -0.2) is 0 Å². The van der Waals surface area contributed by atoms with E-state index in [4.69, 9.17) is 0 Å². The minimum Gasteiger partial charge on any atom is -0.310 e. The van der Waals surface area contributed by atoms with Gasteiger partial charge in [0.25, 0.3) is 0 Å². The summed E-state index contributed by atoms with van der Waals surface area (Å²) >= 11 is 0. The molecule has 286 valence electrons. The van der Waals surface area contributed by atoms with Crippen molar-refractivity contribution in [3.05, 3.63) is 216 Å². The second-order valence-electron chi connectivity index (χ2n) is 17.7. The summed E-state index contributed by atoms with van der Waals surface area (Å²) in [6.45, 7) is 9.41. The molecule has 0 spiro atoms. The average molecular weight is 769 g/mol. The fourth-order valence-corrected chi connectivity index (χ4v) is 10.9. The minimum atomic E-state index is -0.0543. The van der Waals surface area contributed by atoms with Gasteiger partial charge in [0.15, 0.2) is 0 Å². The zero-order chi connectivity index (χ0) is 40.3. The predicted octanol–water partition coefficient (Wildman–Crippen LogP) is 16.1. The van der Waals surface area contributed by atoms with Crippen molar-refractivity contribution in [1.82, 2.24) is 0 Å². The van der Waals surface area contributed by atoms with E-state index in [-0.39, 0.29) is 10.8 Å². The molecule has 0 saturated carbocycles. The van der Waals surface area contributed by atoms with E-state index in [0.717, 1.165) is 22.7 Å². The molecular weight excluding hydrogens is 725 g/mol. The van der Waals surface area contributed by atoms with E-state index in [1.165, 1.54) is 88.2 Å². The fraction of sp³-hybridized carbons (Fsp3) is 0.103. The smallest absolute Gasteiger partial charge is 0.0540 e. The van der Waals surface area contributed by atoms with Gasteiger partial charge in [-0.05, 0) is 127 Å². The molecule has 2 aliphatic carbocycles. The molecule has 0 fully saturated rings. The van der Waals surface area contributed by atoms with Gasteiger partial charge in [0, 0.05) is 44.4 Å². The standard InChI is InChI=1S/C58H44N2/c1-57(2)49-21-13-11-19-43(49)47-35-41(27-31-51(47)57)59(39-15-7-5-8-16-39)53-33-25-37-24-30-46-54(34-26-38-23-29-45(53)55(37)56(38)46)60(40-17-9-6-10-18-40)42-28-32-52-48(36-42)44-20-12-14-22-50(44)58(52,3)4/h5-36H,1-4H3. The molecule has 0 aliphatic heterocycles. The highest BCUT2D eigenvalue weighted by Gasteiger charge is 2.37. The molecule has 10 aromatic rings. The molecule has 0 bridgehead atoms. The van der Waals surface area contributed by atoms with Crippen LogP contribution in [0.25, 0.3) is 54.6 Å². The van der Waals surface area contributed by atoms with Crippen molar-refractivity contribution in [3.63, 3.8) is 0 Å². The highest BCUT2D eigenvalue weighted by atomic mass is 15.1. The lowest BCUT2D eigenvalue weighted by atomic mass is 9.82. The van der Waals surface area contributed by atoms with Crippen molar-refractivity contribution < 1.29 is 0 Å². The lowest BCUT2D eigenvalue weighted by Crippen LogP contribution is -2.15. The van der Waals surface area contributed by atoms with Gasteiger partial charge in [-0.15, -0.1) is 0 Å². The summed E-state index contributed by atoms with van der Waals surface area (Å²) in [6.07, 6.45) is 0. The van der Waals surface area contributed by atoms with Crippen LogP contribution in [0, 0.1) is 0 Å². The number of hydrogen-bond donors (Lipinski definition) is 0. The van der Waals surface area contributed by atoms with Gasteiger partial charge in [0.05, 0.1) is 11.4 Å². The van der Waals surface area contributed by atoms with E-state index in [0.29, 0.717) is 0 Å². The number of nitrogens with zero attached hydrogens (tertiary/aromatic N) is 2. The van der Waals surface area contributed by atoms with Crippen LogP contribution in [0.5, 0.6) is 0 Å². The Bertz CT molecular complexity index is 3100. The monoisotopic (exact) mass is 768 g/mol. The number of para-hydroxylation sites is 2.